The van der Waals surface area contributed by atoms with Gasteiger partial charge in [-0.2, -0.15) is 10.4 Å². The summed E-state index contributed by atoms with van der Waals surface area (Å²) in [6, 6.07) is 19.2. The van der Waals surface area contributed by atoms with Crippen molar-refractivity contribution in [2.45, 2.75) is 25.9 Å². The Morgan fingerprint density at radius 3 is 2.54 bits per heavy atom. The minimum Gasteiger partial charge on any atom is -0.497 e. The van der Waals surface area contributed by atoms with E-state index in [1.807, 2.05) is 66.9 Å². The Morgan fingerprint density at radius 2 is 1.89 bits per heavy atom. The van der Waals surface area contributed by atoms with Gasteiger partial charge in [0.25, 0.3) is 11.8 Å². The highest BCUT2D eigenvalue weighted by Gasteiger charge is 2.37. The molecule has 2 aromatic carbocycles. The van der Waals surface area contributed by atoms with Crippen LogP contribution in [0.3, 0.4) is 0 Å². The number of methoxy groups -OCH3 is 1. The van der Waals surface area contributed by atoms with Crippen LogP contribution in [0.5, 0.6) is 5.75 Å². The van der Waals surface area contributed by atoms with Crippen LogP contribution < -0.4 is 4.74 Å². The number of rotatable bonds is 6. The molecule has 186 valence electrons. The van der Waals surface area contributed by atoms with Crippen LogP contribution in [0.25, 0.3) is 23.0 Å². The van der Waals surface area contributed by atoms with E-state index in [9.17, 15) is 14.9 Å². The minimum absolute atomic E-state index is 0.0368. The molecule has 1 unspecified atom stereocenters. The van der Waals surface area contributed by atoms with Crippen molar-refractivity contribution in [1.82, 2.24) is 14.7 Å². The number of hydrogen-bond acceptors (Lipinski definition) is 6. The van der Waals surface area contributed by atoms with Crippen LogP contribution in [0.2, 0.25) is 0 Å². The Morgan fingerprint density at radius 1 is 1.14 bits per heavy atom. The predicted octanol–water partition coefficient (Wildman–Crippen LogP) is 4.32. The third kappa shape index (κ3) is 4.69. The van der Waals surface area contributed by atoms with Gasteiger partial charge in [-0.25, -0.2) is 4.68 Å². The molecule has 8 heteroatoms. The number of nitrogens with zero attached hydrogens (tertiary/aromatic N) is 4. The number of amides is 2. The number of carbonyl (C=O) groups is 2. The van der Waals surface area contributed by atoms with Gasteiger partial charge in [0.1, 0.15) is 17.4 Å². The van der Waals surface area contributed by atoms with Crippen molar-refractivity contribution in [3.8, 4) is 28.8 Å². The van der Waals surface area contributed by atoms with E-state index >= 15 is 0 Å². The number of carbonyl (C=O) groups excluding carboxylic acids is 2. The molecule has 0 saturated carbocycles. The zero-order chi connectivity index (χ0) is 25.9. The van der Waals surface area contributed by atoms with E-state index in [-0.39, 0.29) is 23.8 Å². The molecule has 8 nitrogen and oxygen atoms in total. The Hall–Kier alpha value is -4.48. The summed E-state index contributed by atoms with van der Waals surface area (Å²) < 4.78 is 12.7. The van der Waals surface area contributed by atoms with Gasteiger partial charge in [-0.3, -0.25) is 14.5 Å². The molecule has 0 bridgehead atoms. The maximum Gasteiger partial charge on any atom is 0.271 e. The van der Waals surface area contributed by atoms with Crippen LogP contribution in [0.1, 0.15) is 25.3 Å². The molecule has 1 atom stereocenters. The summed E-state index contributed by atoms with van der Waals surface area (Å²) >= 11 is 0. The van der Waals surface area contributed by atoms with Gasteiger partial charge in [0, 0.05) is 29.5 Å². The molecular weight excluding hydrogens is 468 g/mol. The molecule has 0 N–H and O–H groups in total. The highest BCUT2D eigenvalue weighted by atomic mass is 16.5. The summed E-state index contributed by atoms with van der Waals surface area (Å²) in [6.45, 7) is 2.37. The second kappa shape index (κ2) is 10.2. The fourth-order valence-corrected chi connectivity index (χ4v) is 4.62. The molecule has 0 spiro atoms. The summed E-state index contributed by atoms with van der Waals surface area (Å²) in [5.41, 5.74) is 3.63. The van der Waals surface area contributed by atoms with Crippen LogP contribution in [0.15, 0.2) is 77.5 Å². The largest absolute Gasteiger partial charge is 0.497 e. The molecule has 2 amide bonds. The maximum atomic E-state index is 13.6. The first kappa shape index (κ1) is 24.2. The number of ether oxygens (including phenoxy) is 2. The number of imide groups is 1. The molecule has 1 saturated heterocycles. The highest BCUT2D eigenvalue weighted by Crippen LogP contribution is 2.32. The molecule has 1 fully saturated rings. The Balaban J connectivity index is 1.63. The first-order chi connectivity index (χ1) is 18.0. The van der Waals surface area contributed by atoms with Crippen LogP contribution in [-0.4, -0.2) is 52.9 Å². The molecule has 5 rings (SSSR count). The molecule has 3 aromatic rings. The van der Waals surface area contributed by atoms with E-state index in [2.05, 4.69) is 0 Å². The van der Waals surface area contributed by atoms with E-state index in [1.165, 1.54) is 0 Å². The van der Waals surface area contributed by atoms with E-state index < -0.39 is 11.8 Å². The quantitative estimate of drug-likeness (QED) is 0.374. The minimum atomic E-state index is -0.576. The molecule has 2 aliphatic heterocycles. The molecule has 2 aliphatic rings. The van der Waals surface area contributed by atoms with Crippen molar-refractivity contribution < 1.29 is 19.1 Å². The second-order valence-electron chi connectivity index (χ2n) is 8.97. The van der Waals surface area contributed by atoms with Gasteiger partial charge in [0.15, 0.2) is 0 Å². The van der Waals surface area contributed by atoms with Gasteiger partial charge in [-0.1, -0.05) is 18.2 Å². The van der Waals surface area contributed by atoms with Gasteiger partial charge in [-0.05, 0) is 67.8 Å². The molecular formula is C29H26N4O4. The first-order valence-corrected chi connectivity index (χ1v) is 12.1. The molecule has 0 radical (unpaired) electrons. The summed E-state index contributed by atoms with van der Waals surface area (Å²) in [5, 5.41) is 14.6. The first-order valence-electron chi connectivity index (χ1n) is 12.1. The Labute approximate surface area is 215 Å². The fraction of sp³-hybridized carbons (Fsp3) is 0.241. The smallest absolute Gasteiger partial charge is 0.271 e. The van der Waals surface area contributed by atoms with Crippen molar-refractivity contribution >= 4 is 17.9 Å². The van der Waals surface area contributed by atoms with Gasteiger partial charge >= 0.3 is 0 Å². The maximum absolute atomic E-state index is 13.6. The summed E-state index contributed by atoms with van der Waals surface area (Å²) in [6.07, 6.45) is 4.99. The number of aromatic nitrogens is 2. The molecule has 3 heterocycles. The number of hydrogen-bond donors (Lipinski definition) is 0. The standard InChI is InChI=1S/C29H26N4O4/c1-19-25(28(34)32(29(35)26(19)16-30)18-24-9-6-14-37-24)15-21-17-33(22-7-4-3-5-8-22)31-27(21)20-10-12-23(36-2)13-11-20/h3-5,7-8,10-13,15,17,24H,6,9,14,18H2,1-2H3/b25-15+. The van der Waals surface area contributed by atoms with Gasteiger partial charge < -0.3 is 9.47 Å². The average molecular weight is 495 g/mol. The zero-order valence-corrected chi connectivity index (χ0v) is 20.7. The lowest BCUT2D eigenvalue weighted by Crippen LogP contribution is -2.46. The normalized spacial score (nSPS) is 19.0. The number of nitriles is 1. The zero-order valence-electron chi connectivity index (χ0n) is 20.7. The van der Waals surface area contributed by atoms with E-state index in [4.69, 9.17) is 14.6 Å². The van der Waals surface area contributed by atoms with Crippen molar-refractivity contribution in [2.24, 2.45) is 0 Å². The summed E-state index contributed by atoms with van der Waals surface area (Å²) in [4.78, 5) is 27.8. The molecule has 0 aliphatic carbocycles. The number of para-hydroxylation sites is 1. The van der Waals surface area contributed by atoms with E-state index in [0.717, 1.165) is 29.0 Å². The lowest BCUT2D eigenvalue weighted by atomic mass is 9.93. The third-order valence-corrected chi connectivity index (χ3v) is 6.66. The van der Waals surface area contributed by atoms with Crippen LogP contribution in [0.4, 0.5) is 0 Å². The Kier molecular flexibility index (Phi) is 6.71. The third-order valence-electron chi connectivity index (χ3n) is 6.66. The molecule has 1 aromatic heterocycles. The van der Waals surface area contributed by atoms with Crippen molar-refractivity contribution in [3.63, 3.8) is 0 Å². The topological polar surface area (TPSA) is 97.4 Å². The predicted molar refractivity (Wildman–Crippen MR) is 138 cm³/mol. The monoisotopic (exact) mass is 494 g/mol. The average Bonchev–Trinajstić information content (AvgIpc) is 3.60. The SMILES string of the molecule is COc1ccc(-c2nn(-c3ccccc3)cc2/C=C2/C(=O)N(CC3CCCO3)C(=O)C(C#N)=C2C)cc1. The van der Waals surface area contributed by atoms with Gasteiger partial charge in [0.05, 0.1) is 31.1 Å². The number of benzene rings is 2. The van der Waals surface area contributed by atoms with Crippen molar-refractivity contribution in [2.75, 3.05) is 20.3 Å². The summed E-state index contributed by atoms with van der Waals surface area (Å²) in [5.74, 6) is -0.299. The lowest BCUT2D eigenvalue weighted by molar-refractivity contribution is -0.142. The fourth-order valence-electron chi connectivity index (χ4n) is 4.62. The summed E-state index contributed by atoms with van der Waals surface area (Å²) in [7, 11) is 1.61. The van der Waals surface area contributed by atoms with Crippen LogP contribution in [-0.2, 0) is 14.3 Å². The second-order valence-corrected chi connectivity index (χ2v) is 8.97. The highest BCUT2D eigenvalue weighted by molar-refractivity contribution is 6.19. The Bertz CT molecular complexity index is 1440. The van der Waals surface area contributed by atoms with Crippen molar-refractivity contribution in [1.29, 1.82) is 5.26 Å². The molecule has 37 heavy (non-hydrogen) atoms. The van der Waals surface area contributed by atoms with E-state index in [0.29, 0.717) is 29.2 Å². The van der Waals surface area contributed by atoms with Crippen molar-refractivity contribution in [3.05, 3.63) is 83.1 Å². The van der Waals surface area contributed by atoms with Crippen LogP contribution in [0, 0.1) is 11.3 Å². The van der Waals surface area contributed by atoms with Crippen LogP contribution >= 0.6 is 0 Å². The lowest BCUT2D eigenvalue weighted by Gasteiger charge is -2.29. The van der Waals surface area contributed by atoms with E-state index in [1.54, 1.807) is 24.8 Å². The van der Waals surface area contributed by atoms with Gasteiger partial charge in [0.2, 0.25) is 0 Å². The van der Waals surface area contributed by atoms with Gasteiger partial charge in [-0.15, -0.1) is 0 Å².